The molecule has 0 N–H and O–H groups in total. The standard InChI is InChI=1S/C29H32/c1-3-5-23-6-8-24(9-7-23)10-11-25-13-15-26(16-14-25)28-19-18-27-20-22(4-2)12-17-29(27)21-28/h3-5,12-21,23-24H,2,6-11H2,1H3/b5-3+. The van der Waals surface area contributed by atoms with Crippen LogP contribution in [-0.2, 0) is 6.42 Å². The lowest BCUT2D eigenvalue weighted by molar-refractivity contribution is 0.296. The van der Waals surface area contributed by atoms with Gasteiger partial charge in [-0.05, 0) is 102 Å². The van der Waals surface area contributed by atoms with E-state index in [9.17, 15) is 0 Å². The van der Waals surface area contributed by atoms with Crippen molar-refractivity contribution in [1.82, 2.24) is 0 Å². The van der Waals surface area contributed by atoms with Crippen molar-refractivity contribution >= 4 is 16.8 Å². The van der Waals surface area contributed by atoms with Gasteiger partial charge in [0.25, 0.3) is 0 Å². The predicted molar refractivity (Wildman–Crippen MR) is 128 cm³/mol. The minimum absolute atomic E-state index is 0.834. The first-order chi connectivity index (χ1) is 14.2. The smallest absolute Gasteiger partial charge is 0.0177 e. The van der Waals surface area contributed by atoms with Gasteiger partial charge in [0, 0.05) is 0 Å². The Morgan fingerprint density at radius 3 is 2.24 bits per heavy atom. The Morgan fingerprint density at radius 1 is 0.828 bits per heavy atom. The van der Waals surface area contributed by atoms with Gasteiger partial charge in [-0.3, -0.25) is 0 Å². The van der Waals surface area contributed by atoms with Crippen LogP contribution in [-0.4, -0.2) is 0 Å². The lowest BCUT2D eigenvalue weighted by Crippen LogP contribution is -2.13. The topological polar surface area (TPSA) is 0 Å². The summed E-state index contributed by atoms with van der Waals surface area (Å²) in [7, 11) is 0. The van der Waals surface area contributed by atoms with Crippen LogP contribution in [0.5, 0.6) is 0 Å². The number of hydrogen-bond donors (Lipinski definition) is 0. The molecule has 0 atom stereocenters. The van der Waals surface area contributed by atoms with Gasteiger partial charge in [-0.1, -0.05) is 73.3 Å². The van der Waals surface area contributed by atoms with Gasteiger partial charge in [0.2, 0.25) is 0 Å². The van der Waals surface area contributed by atoms with Crippen molar-refractivity contribution in [2.45, 2.75) is 45.4 Å². The molecule has 0 unspecified atom stereocenters. The first kappa shape index (κ1) is 19.7. The molecule has 3 aromatic carbocycles. The molecule has 29 heavy (non-hydrogen) atoms. The Hall–Kier alpha value is -2.60. The monoisotopic (exact) mass is 380 g/mol. The maximum absolute atomic E-state index is 3.86. The molecule has 0 aliphatic heterocycles. The van der Waals surface area contributed by atoms with Gasteiger partial charge >= 0.3 is 0 Å². The number of aryl methyl sites for hydroxylation is 1. The maximum Gasteiger partial charge on any atom is -0.0177 e. The van der Waals surface area contributed by atoms with Crippen LogP contribution in [0.15, 0.2) is 79.4 Å². The Bertz CT molecular complexity index is 982. The van der Waals surface area contributed by atoms with Crippen LogP contribution in [0.4, 0.5) is 0 Å². The predicted octanol–water partition coefficient (Wildman–Crippen LogP) is 8.46. The van der Waals surface area contributed by atoms with E-state index in [1.165, 1.54) is 71.6 Å². The molecule has 148 valence electrons. The van der Waals surface area contributed by atoms with Gasteiger partial charge in [0.05, 0.1) is 0 Å². The minimum Gasteiger partial charge on any atom is -0.0985 e. The molecule has 0 saturated heterocycles. The molecule has 0 bridgehead atoms. The van der Waals surface area contributed by atoms with Crippen LogP contribution in [0.1, 0.15) is 50.2 Å². The highest BCUT2D eigenvalue weighted by molar-refractivity contribution is 5.88. The summed E-state index contributed by atoms with van der Waals surface area (Å²) in [6.45, 7) is 6.01. The van der Waals surface area contributed by atoms with Crippen LogP contribution in [0.3, 0.4) is 0 Å². The van der Waals surface area contributed by atoms with E-state index in [0.717, 1.165) is 11.8 Å². The molecule has 0 spiro atoms. The van der Waals surface area contributed by atoms with Gasteiger partial charge in [0.1, 0.15) is 0 Å². The van der Waals surface area contributed by atoms with Crippen LogP contribution >= 0.6 is 0 Å². The van der Waals surface area contributed by atoms with Crippen molar-refractivity contribution in [3.8, 4) is 11.1 Å². The fourth-order valence-corrected chi connectivity index (χ4v) is 4.75. The van der Waals surface area contributed by atoms with Crippen molar-refractivity contribution in [2.75, 3.05) is 0 Å². The zero-order chi connectivity index (χ0) is 20.1. The lowest BCUT2D eigenvalue weighted by Gasteiger charge is -2.26. The Labute approximate surface area is 176 Å². The molecule has 0 radical (unpaired) electrons. The lowest BCUT2D eigenvalue weighted by atomic mass is 9.79. The average molecular weight is 381 g/mol. The molecule has 1 aliphatic rings. The van der Waals surface area contributed by atoms with E-state index >= 15 is 0 Å². The highest BCUT2D eigenvalue weighted by Crippen LogP contribution is 2.32. The molecule has 0 amide bonds. The number of allylic oxidation sites excluding steroid dienone is 2. The molecule has 3 aromatic rings. The molecule has 0 nitrogen and oxygen atoms in total. The summed E-state index contributed by atoms with van der Waals surface area (Å²) in [5.74, 6) is 1.75. The SMILES string of the molecule is C=Cc1ccc2cc(-c3ccc(CCC4CCC(/C=C/C)CC4)cc3)ccc2c1. The molecular weight excluding hydrogens is 348 g/mol. The van der Waals surface area contributed by atoms with E-state index in [1.807, 2.05) is 6.08 Å². The fourth-order valence-electron chi connectivity index (χ4n) is 4.75. The summed E-state index contributed by atoms with van der Waals surface area (Å²) in [6.07, 6.45) is 14.6. The van der Waals surface area contributed by atoms with Gasteiger partial charge < -0.3 is 0 Å². The van der Waals surface area contributed by atoms with Gasteiger partial charge in [-0.25, -0.2) is 0 Å². The molecule has 0 heteroatoms. The van der Waals surface area contributed by atoms with E-state index in [4.69, 9.17) is 0 Å². The van der Waals surface area contributed by atoms with Crippen LogP contribution in [0, 0.1) is 11.8 Å². The largest absolute Gasteiger partial charge is 0.0985 e. The fraction of sp³-hybridized carbons (Fsp3) is 0.310. The Kier molecular flexibility index (Phi) is 6.30. The van der Waals surface area contributed by atoms with Gasteiger partial charge in [-0.15, -0.1) is 0 Å². The van der Waals surface area contributed by atoms with E-state index in [-0.39, 0.29) is 0 Å². The summed E-state index contributed by atoms with van der Waals surface area (Å²) >= 11 is 0. The van der Waals surface area contributed by atoms with E-state index in [2.05, 4.69) is 86.3 Å². The summed E-state index contributed by atoms with van der Waals surface area (Å²) in [4.78, 5) is 0. The number of benzene rings is 3. The molecule has 1 saturated carbocycles. The van der Waals surface area contributed by atoms with Gasteiger partial charge in [0.15, 0.2) is 0 Å². The molecule has 0 aromatic heterocycles. The normalized spacial score (nSPS) is 19.6. The number of hydrogen-bond acceptors (Lipinski definition) is 0. The molecule has 4 rings (SSSR count). The zero-order valence-electron chi connectivity index (χ0n) is 17.6. The third-order valence-corrected chi connectivity index (χ3v) is 6.58. The van der Waals surface area contributed by atoms with Crippen LogP contribution in [0.2, 0.25) is 0 Å². The summed E-state index contributed by atoms with van der Waals surface area (Å²) in [5.41, 5.74) is 5.23. The molecular formula is C29H32. The highest BCUT2D eigenvalue weighted by Gasteiger charge is 2.19. The second kappa shape index (κ2) is 9.27. The number of rotatable bonds is 6. The maximum atomic E-state index is 3.86. The van der Waals surface area contributed by atoms with Crippen LogP contribution < -0.4 is 0 Å². The second-order valence-corrected chi connectivity index (χ2v) is 8.57. The van der Waals surface area contributed by atoms with Gasteiger partial charge in [-0.2, -0.15) is 0 Å². The Morgan fingerprint density at radius 2 is 1.52 bits per heavy atom. The van der Waals surface area contributed by atoms with E-state index in [1.54, 1.807) is 0 Å². The first-order valence-corrected chi connectivity index (χ1v) is 11.1. The third kappa shape index (κ3) is 4.88. The molecule has 1 fully saturated rings. The van der Waals surface area contributed by atoms with Crippen molar-refractivity contribution in [2.24, 2.45) is 11.8 Å². The summed E-state index contributed by atoms with van der Waals surface area (Å²) < 4.78 is 0. The van der Waals surface area contributed by atoms with Crippen molar-refractivity contribution in [1.29, 1.82) is 0 Å². The van der Waals surface area contributed by atoms with Crippen molar-refractivity contribution < 1.29 is 0 Å². The highest BCUT2D eigenvalue weighted by atomic mass is 14.2. The second-order valence-electron chi connectivity index (χ2n) is 8.57. The third-order valence-electron chi connectivity index (χ3n) is 6.58. The van der Waals surface area contributed by atoms with Crippen LogP contribution in [0.25, 0.3) is 28.0 Å². The Balaban J connectivity index is 1.38. The summed E-state index contributed by atoms with van der Waals surface area (Å²) in [5, 5.41) is 2.55. The summed E-state index contributed by atoms with van der Waals surface area (Å²) in [6, 6.07) is 22.5. The molecule has 0 heterocycles. The molecule has 1 aliphatic carbocycles. The minimum atomic E-state index is 0.834. The first-order valence-electron chi connectivity index (χ1n) is 11.1. The van der Waals surface area contributed by atoms with Crippen molar-refractivity contribution in [3.05, 3.63) is 90.5 Å². The van der Waals surface area contributed by atoms with E-state index < -0.39 is 0 Å². The number of fused-ring (bicyclic) bond motifs is 1. The van der Waals surface area contributed by atoms with E-state index in [0.29, 0.717) is 0 Å². The quantitative estimate of drug-likeness (QED) is 0.376. The average Bonchev–Trinajstić information content (AvgIpc) is 2.78. The zero-order valence-corrected chi connectivity index (χ0v) is 17.6. The van der Waals surface area contributed by atoms with Crippen molar-refractivity contribution in [3.63, 3.8) is 0 Å².